The van der Waals surface area contributed by atoms with E-state index in [9.17, 15) is 22.4 Å². The smallest absolute Gasteiger partial charge is 0.248 e. The minimum absolute atomic E-state index is 0.0720. The Morgan fingerprint density at radius 3 is 1.98 bits per heavy atom. The first-order chi connectivity index (χ1) is 21.1. The molecule has 1 aliphatic carbocycles. The number of carbonyl (C=O) groups is 1. The molecule has 6 rings (SSSR count). The number of primary amides is 1. The molecule has 1 saturated carbocycles. The fraction of sp³-hybridized carbons (Fsp3) is 0.194. The topological polar surface area (TPSA) is 110 Å². The molecule has 5 aromatic rings. The van der Waals surface area contributed by atoms with Gasteiger partial charge in [-0.15, -0.1) is 5.10 Å². The molecule has 0 bridgehead atoms. The number of hydrogen-bond donors (Lipinski definition) is 1. The second-order valence-corrected chi connectivity index (χ2v) is 10.1. The van der Waals surface area contributed by atoms with Gasteiger partial charge in [0, 0.05) is 17.2 Å². The number of benzene rings is 3. The Labute approximate surface area is 247 Å². The minimum Gasteiger partial charge on any atom is -0.494 e. The van der Waals surface area contributed by atoms with E-state index in [1.807, 2.05) is 0 Å². The molecule has 1 amide bonds. The Balaban J connectivity index is 1.54. The van der Waals surface area contributed by atoms with Crippen molar-refractivity contribution in [1.82, 2.24) is 14.6 Å². The number of ether oxygens (including phenoxy) is 4. The van der Waals surface area contributed by atoms with Crippen LogP contribution in [0.5, 0.6) is 34.6 Å². The first kappa shape index (κ1) is 28.8. The van der Waals surface area contributed by atoms with E-state index in [1.165, 1.54) is 43.1 Å². The zero-order valence-electron chi connectivity index (χ0n) is 23.6. The number of methoxy groups -OCH3 is 2. The number of aromatic nitrogens is 3. The molecule has 9 nitrogen and oxygen atoms in total. The first-order valence-electron chi connectivity index (χ1n) is 13.3. The Morgan fingerprint density at radius 2 is 1.41 bits per heavy atom. The Hall–Kier alpha value is -5.33. The van der Waals surface area contributed by atoms with E-state index in [-0.39, 0.29) is 34.7 Å². The molecule has 0 spiro atoms. The lowest BCUT2D eigenvalue weighted by molar-refractivity contribution is 0.0999. The van der Waals surface area contributed by atoms with Gasteiger partial charge in [-0.05, 0) is 67.1 Å². The van der Waals surface area contributed by atoms with Crippen LogP contribution in [-0.4, -0.2) is 34.7 Å². The number of hydrogen-bond acceptors (Lipinski definition) is 7. The van der Waals surface area contributed by atoms with E-state index in [0.717, 1.165) is 30.5 Å². The van der Waals surface area contributed by atoms with Crippen LogP contribution in [0, 0.1) is 30.2 Å². The van der Waals surface area contributed by atoms with Crippen LogP contribution in [0.2, 0.25) is 0 Å². The van der Waals surface area contributed by atoms with E-state index in [4.69, 9.17) is 24.7 Å². The van der Waals surface area contributed by atoms with Crippen LogP contribution in [-0.2, 0) is 0 Å². The quantitative estimate of drug-likeness (QED) is 0.183. The van der Waals surface area contributed by atoms with E-state index < -0.39 is 40.7 Å². The van der Waals surface area contributed by atoms with E-state index in [0.29, 0.717) is 22.4 Å². The highest BCUT2D eigenvalue weighted by Gasteiger charge is 2.31. The molecule has 2 aromatic heterocycles. The first-order valence-corrected chi connectivity index (χ1v) is 13.3. The van der Waals surface area contributed by atoms with E-state index in [1.54, 1.807) is 19.1 Å². The number of carbonyl (C=O) groups excluding carboxylic acids is 1. The largest absolute Gasteiger partial charge is 0.494 e. The van der Waals surface area contributed by atoms with Crippen molar-refractivity contribution in [3.63, 3.8) is 0 Å². The molecule has 3 aromatic carbocycles. The van der Waals surface area contributed by atoms with Gasteiger partial charge in [0.05, 0.1) is 26.1 Å². The van der Waals surface area contributed by atoms with Crippen LogP contribution in [0.25, 0.3) is 16.9 Å². The highest BCUT2D eigenvalue weighted by Crippen LogP contribution is 2.47. The number of rotatable bonds is 9. The molecule has 0 unspecified atom stereocenters. The van der Waals surface area contributed by atoms with Gasteiger partial charge in [-0.3, -0.25) is 4.79 Å². The summed E-state index contributed by atoms with van der Waals surface area (Å²) in [6.07, 6.45) is 3.28. The molecule has 2 N–H and O–H groups in total. The average Bonchev–Trinajstić information content (AvgIpc) is 3.75. The number of halogens is 4. The summed E-state index contributed by atoms with van der Waals surface area (Å²) in [6, 6.07) is 9.16. The van der Waals surface area contributed by atoms with Crippen LogP contribution >= 0.6 is 0 Å². The second-order valence-electron chi connectivity index (χ2n) is 10.1. The average molecular weight is 609 g/mol. The molecular formula is C31H24F4N4O5. The van der Waals surface area contributed by atoms with Gasteiger partial charge >= 0.3 is 0 Å². The lowest BCUT2D eigenvalue weighted by Crippen LogP contribution is -2.14. The van der Waals surface area contributed by atoms with Gasteiger partial charge in [-0.25, -0.2) is 9.50 Å². The van der Waals surface area contributed by atoms with Crippen molar-refractivity contribution in [2.24, 2.45) is 5.73 Å². The Morgan fingerprint density at radius 1 is 0.841 bits per heavy atom. The van der Waals surface area contributed by atoms with Crippen LogP contribution in [0.4, 0.5) is 17.6 Å². The van der Waals surface area contributed by atoms with Gasteiger partial charge in [0.2, 0.25) is 35.1 Å². The van der Waals surface area contributed by atoms with Crippen molar-refractivity contribution in [2.45, 2.75) is 25.7 Å². The Kier molecular flexibility index (Phi) is 7.23. The molecule has 2 heterocycles. The van der Waals surface area contributed by atoms with Crippen molar-refractivity contribution in [1.29, 1.82) is 0 Å². The van der Waals surface area contributed by atoms with Crippen LogP contribution in [0.15, 0.2) is 48.7 Å². The molecule has 1 aliphatic rings. The molecule has 226 valence electrons. The predicted molar refractivity (Wildman–Crippen MR) is 150 cm³/mol. The van der Waals surface area contributed by atoms with Crippen molar-refractivity contribution in [3.05, 3.63) is 88.6 Å². The number of fused-ring (bicyclic) bond motifs is 1. The molecule has 0 aliphatic heterocycles. The fourth-order valence-electron chi connectivity index (χ4n) is 5.08. The minimum atomic E-state index is -1.34. The number of imidazole rings is 1. The van der Waals surface area contributed by atoms with Gasteiger partial charge in [0.25, 0.3) is 0 Å². The maximum absolute atomic E-state index is 14.9. The third kappa shape index (κ3) is 4.89. The summed E-state index contributed by atoms with van der Waals surface area (Å²) in [6.45, 7) is 1.80. The lowest BCUT2D eigenvalue weighted by Gasteiger charge is -2.16. The summed E-state index contributed by atoms with van der Waals surface area (Å²) >= 11 is 0. The van der Waals surface area contributed by atoms with E-state index >= 15 is 0 Å². The normalized spacial score (nSPS) is 12.8. The summed E-state index contributed by atoms with van der Waals surface area (Å²) in [5.41, 5.74) is 8.75. The van der Waals surface area contributed by atoms with Crippen LogP contribution < -0.4 is 24.7 Å². The van der Waals surface area contributed by atoms with Gasteiger partial charge in [0.15, 0.2) is 34.4 Å². The standard InChI is InChI=1S/C31H24F4N4O5/c1-14-16(30(36)40)6-7-17(25(14)15-4-5-15)18-13-37-31-23(43-21-10-8-19(41-2)26(32)28(21)34)12-24(38-39(18)31)44-22-11-9-20(42-3)27(33)29(22)35/h6-13,15H,4-5H2,1-3H3,(H2,36,40). The maximum Gasteiger partial charge on any atom is 0.248 e. The van der Waals surface area contributed by atoms with Crippen LogP contribution in [0.3, 0.4) is 0 Å². The summed E-state index contributed by atoms with van der Waals surface area (Å²) in [4.78, 5) is 16.5. The monoisotopic (exact) mass is 608 g/mol. The van der Waals surface area contributed by atoms with Crippen molar-refractivity contribution in [3.8, 4) is 45.9 Å². The third-order valence-corrected chi connectivity index (χ3v) is 7.35. The Bertz CT molecular complexity index is 1960. The van der Waals surface area contributed by atoms with Gasteiger partial charge in [-0.1, -0.05) is 6.07 Å². The molecule has 0 saturated heterocycles. The zero-order valence-corrected chi connectivity index (χ0v) is 23.6. The van der Waals surface area contributed by atoms with Crippen molar-refractivity contribution < 1.29 is 41.3 Å². The van der Waals surface area contributed by atoms with Crippen molar-refractivity contribution >= 4 is 11.6 Å². The summed E-state index contributed by atoms with van der Waals surface area (Å²) in [5.74, 6) is -7.74. The lowest BCUT2D eigenvalue weighted by atomic mass is 9.92. The van der Waals surface area contributed by atoms with Crippen LogP contribution in [0.1, 0.15) is 40.2 Å². The fourth-order valence-corrected chi connectivity index (χ4v) is 5.08. The summed E-state index contributed by atoms with van der Waals surface area (Å²) in [7, 11) is 2.38. The summed E-state index contributed by atoms with van der Waals surface area (Å²) < 4.78 is 81.1. The summed E-state index contributed by atoms with van der Waals surface area (Å²) in [5, 5.41) is 4.45. The highest BCUT2D eigenvalue weighted by atomic mass is 19.2. The molecule has 1 fully saturated rings. The van der Waals surface area contributed by atoms with Gasteiger partial charge in [0.1, 0.15) is 0 Å². The number of nitrogens with two attached hydrogens (primary N) is 1. The molecule has 0 atom stereocenters. The molecule has 13 heteroatoms. The highest BCUT2D eigenvalue weighted by molar-refractivity contribution is 5.95. The molecular weight excluding hydrogens is 584 g/mol. The molecule has 0 radical (unpaired) electrons. The number of amides is 1. The zero-order chi connectivity index (χ0) is 31.3. The maximum atomic E-state index is 14.9. The number of nitrogens with zero attached hydrogens (tertiary/aromatic N) is 3. The predicted octanol–water partition coefficient (Wildman–Crippen LogP) is 6.84. The SMILES string of the molecule is COc1ccc(Oc2cc(Oc3ccc(OC)c(F)c3F)c3ncc(-c4ccc(C(N)=O)c(C)c4C4CC4)n3n2)c(F)c1F. The van der Waals surface area contributed by atoms with Gasteiger partial charge in [-0.2, -0.15) is 17.6 Å². The van der Waals surface area contributed by atoms with E-state index in [2.05, 4.69) is 10.1 Å². The van der Waals surface area contributed by atoms with Gasteiger partial charge < -0.3 is 24.7 Å². The molecule has 44 heavy (non-hydrogen) atoms. The van der Waals surface area contributed by atoms with Crippen molar-refractivity contribution in [2.75, 3.05) is 14.2 Å². The third-order valence-electron chi connectivity index (χ3n) is 7.35. The second kappa shape index (κ2) is 11.1.